The van der Waals surface area contributed by atoms with Gasteiger partial charge in [0, 0.05) is 23.8 Å². The molecule has 2 N–H and O–H groups in total. The van der Waals surface area contributed by atoms with Crippen molar-refractivity contribution in [2.75, 3.05) is 0 Å². The summed E-state index contributed by atoms with van der Waals surface area (Å²) in [5.41, 5.74) is 3.93. The van der Waals surface area contributed by atoms with Crippen LogP contribution >= 0.6 is 11.6 Å². The summed E-state index contributed by atoms with van der Waals surface area (Å²) < 4.78 is 48.8. The maximum absolute atomic E-state index is 13.5. The molecule has 0 aliphatic rings. The quantitative estimate of drug-likeness (QED) is 0.352. The number of ether oxygens (including phenoxy) is 1. The van der Waals surface area contributed by atoms with E-state index in [9.17, 15) is 27.6 Å². The van der Waals surface area contributed by atoms with E-state index in [1.807, 2.05) is 0 Å². The van der Waals surface area contributed by atoms with Crippen molar-refractivity contribution in [2.24, 2.45) is 12.8 Å². The van der Waals surface area contributed by atoms with Gasteiger partial charge in [-0.3, -0.25) is 23.3 Å². The van der Waals surface area contributed by atoms with Gasteiger partial charge in [-0.15, -0.1) is 0 Å². The Hall–Kier alpha value is -4.32. The minimum absolute atomic E-state index is 0.00811. The lowest BCUT2D eigenvalue weighted by atomic mass is 10.2. The Kier molecular flexibility index (Phi) is 7.18. The van der Waals surface area contributed by atoms with Gasteiger partial charge in [0.2, 0.25) is 0 Å². The summed E-state index contributed by atoms with van der Waals surface area (Å²) in [5.74, 6) is -0.538. The molecule has 2 aromatic heterocycles. The van der Waals surface area contributed by atoms with Crippen molar-refractivity contribution in [2.45, 2.75) is 26.2 Å². The highest BCUT2D eigenvalue weighted by Gasteiger charge is 2.31. The molecule has 0 spiro atoms. The minimum Gasteiger partial charge on any atom is -0.425 e. The van der Waals surface area contributed by atoms with Gasteiger partial charge in [-0.2, -0.15) is 18.2 Å². The molecule has 0 atom stereocenters. The number of benzene rings is 2. The van der Waals surface area contributed by atoms with Crippen molar-refractivity contribution in [1.29, 1.82) is 0 Å². The van der Waals surface area contributed by atoms with Gasteiger partial charge in [-0.1, -0.05) is 29.8 Å². The number of fused-ring (bicyclic) bond motifs is 1. The zero-order chi connectivity index (χ0) is 27.8. The van der Waals surface area contributed by atoms with Crippen LogP contribution in [0.15, 0.2) is 69.9 Å². The molecule has 4 rings (SSSR count). The summed E-state index contributed by atoms with van der Waals surface area (Å²) in [4.78, 5) is 42.2. The number of halogens is 4. The number of nitrogens with two attached hydrogens (primary N) is 1. The Bertz CT molecular complexity index is 1680. The molecule has 0 saturated heterocycles. The molecule has 13 heteroatoms. The summed E-state index contributed by atoms with van der Waals surface area (Å²) in [6, 6.07) is 10.6. The molecule has 9 nitrogen and oxygen atoms in total. The number of carbonyl (C=O) groups is 1. The Morgan fingerprint density at radius 2 is 1.82 bits per heavy atom. The number of hydrogen-bond acceptors (Lipinski definition) is 6. The average Bonchev–Trinajstić information content (AvgIpc) is 3.19. The van der Waals surface area contributed by atoms with E-state index in [-0.39, 0.29) is 47.5 Å². The number of imidazole rings is 1. The SMILES string of the molecule is CC(=O)C=C(N)Cn1c(=O)c2c(nc(Oc3cccc(C(F)(F)F)c3)n2Cc2ccc(Cl)cc2)n(C)c1=O. The summed E-state index contributed by atoms with van der Waals surface area (Å²) >= 11 is 5.98. The van der Waals surface area contributed by atoms with Gasteiger partial charge in [-0.05, 0) is 42.8 Å². The van der Waals surface area contributed by atoms with Crippen LogP contribution in [0.25, 0.3) is 11.2 Å². The zero-order valence-electron chi connectivity index (χ0n) is 20.1. The van der Waals surface area contributed by atoms with Crippen LogP contribution < -0.4 is 21.7 Å². The fourth-order valence-electron chi connectivity index (χ4n) is 3.82. The summed E-state index contributed by atoms with van der Waals surface area (Å²) in [7, 11) is 1.37. The lowest BCUT2D eigenvalue weighted by Crippen LogP contribution is -2.40. The molecular formula is C25H21ClF3N5O4. The summed E-state index contributed by atoms with van der Waals surface area (Å²) in [6.45, 7) is 0.917. The summed E-state index contributed by atoms with van der Waals surface area (Å²) in [5, 5.41) is 0.474. The smallest absolute Gasteiger partial charge is 0.416 e. The van der Waals surface area contributed by atoms with Gasteiger partial charge in [0.05, 0.1) is 18.7 Å². The number of allylic oxidation sites excluding steroid dienone is 2. The van der Waals surface area contributed by atoms with Gasteiger partial charge in [0.1, 0.15) is 5.75 Å². The average molecular weight is 548 g/mol. The van der Waals surface area contributed by atoms with Crippen LogP contribution in [0.3, 0.4) is 0 Å². The van der Waals surface area contributed by atoms with Crippen LogP contribution in [0.2, 0.25) is 5.02 Å². The number of aryl methyl sites for hydroxylation is 1. The van der Waals surface area contributed by atoms with Crippen molar-refractivity contribution in [1.82, 2.24) is 18.7 Å². The minimum atomic E-state index is -4.60. The number of alkyl halides is 3. The molecule has 198 valence electrons. The van der Waals surface area contributed by atoms with Gasteiger partial charge in [0.25, 0.3) is 5.56 Å². The Morgan fingerprint density at radius 1 is 1.13 bits per heavy atom. The van der Waals surface area contributed by atoms with E-state index in [2.05, 4.69) is 4.98 Å². The van der Waals surface area contributed by atoms with Crippen LogP contribution in [0.4, 0.5) is 13.2 Å². The molecule has 2 heterocycles. The van der Waals surface area contributed by atoms with Crippen LogP contribution in [0.5, 0.6) is 11.8 Å². The monoisotopic (exact) mass is 547 g/mol. The predicted molar refractivity (Wildman–Crippen MR) is 134 cm³/mol. The fraction of sp³-hybridized carbons (Fsp3) is 0.200. The normalized spacial score (nSPS) is 12.2. The highest BCUT2D eigenvalue weighted by molar-refractivity contribution is 6.30. The molecule has 0 amide bonds. The van der Waals surface area contributed by atoms with E-state index in [0.717, 1.165) is 27.3 Å². The first-order valence-electron chi connectivity index (χ1n) is 11.1. The van der Waals surface area contributed by atoms with E-state index >= 15 is 0 Å². The molecule has 0 saturated carbocycles. The first-order chi connectivity index (χ1) is 17.8. The van der Waals surface area contributed by atoms with Crippen molar-refractivity contribution < 1.29 is 22.7 Å². The number of hydrogen-bond donors (Lipinski definition) is 1. The highest BCUT2D eigenvalue weighted by atomic mass is 35.5. The molecule has 4 aromatic rings. The second-order valence-electron chi connectivity index (χ2n) is 8.47. The fourth-order valence-corrected chi connectivity index (χ4v) is 3.94. The van der Waals surface area contributed by atoms with Gasteiger partial charge < -0.3 is 10.5 Å². The van der Waals surface area contributed by atoms with E-state index in [1.54, 1.807) is 24.3 Å². The van der Waals surface area contributed by atoms with Crippen molar-refractivity contribution >= 4 is 28.5 Å². The third kappa shape index (κ3) is 5.49. The van der Waals surface area contributed by atoms with E-state index in [4.69, 9.17) is 22.1 Å². The Morgan fingerprint density at radius 3 is 2.45 bits per heavy atom. The first kappa shape index (κ1) is 26.7. The topological polar surface area (TPSA) is 114 Å². The second-order valence-corrected chi connectivity index (χ2v) is 8.91. The van der Waals surface area contributed by atoms with Crippen molar-refractivity contribution in [3.63, 3.8) is 0 Å². The second kappa shape index (κ2) is 10.2. The van der Waals surface area contributed by atoms with Crippen LogP contribution in [-0.4, -0.2) is 24.5 Å². The number of aromatic nitrogens is 4. The van der Waals surface area contributed by atoms with Crippen molar-refractivity contribution in [3.05, 3.63) is 97.3 Å². The molecule has 0 radical (unpaired) electrons. The standard InChI is InChI=1S/C25H21ClF3N5O4/c1-14(35)10-18(30)13-34-22(36)20-21(32(2)24(34)37)31-23(33(20)12-15-6-8-17(26)9-7-15)38-19-5-3-4-16(11-19)25(27,28)29/h3-11H,12-13,30H2,1-2H3. The Balaban J connectivity index is 1.93. The largest absolute Gasteiger partial charge is 0.425 e. The Labute approximate surface area is 218 Å². The number of nitrogens with zero attached hydrogens (tertiary/aromatic N) is 4. The molecule has 0 unspecified atom stereocenters. The van der Waals surface area contributed by atoms with Crippen LogP contribution in [0.1, 0.15) is 18.1 Å². The number of ketones is 1. The van der Waals surface area contributed by atoms with E-state index in [0.29, 0.717) is 10.6 Å². The highest BCUT2D eigenvalue weighted by Crippen LogP contribution is 2.33. The summed E-state index contributed by atoms with van der Waals surface area (Å²) in [6.07, 6.45) is -3.50. The molecule has 38 heavy (non-hydrogen) atoms. The molecule has 0 aliphatic carbocycles. The molecule has 0 aliphatic heterocycles. The van der Waals surface area contributed by atoms with Gasteiger partial charge in [0.15, 0.2) is 16.9 Å². The van der Waals surface area contributed by atoms with Gasteiger partial charge in [-0.25, -0.2) is 4.79 Å². The molecular weight excluding hydrogens is 527 g/mol. The zero-order valence-corrected chi connectivity index (χ0v) is 20.9. The van der Waals surface area contributed by atoms with E-state index < -0.39 is 23.0 Å². The number of rotatable bonds is 7. The first-order valence-corrected chi connectivity index (χ1v) is 11.5. The maximum atomic E-state index is 13.5. The third-order valence-corrected chi connectivity index (χ3v) is 5.80. The lowest BCUT2D eigenvalue weighted by Gasteiger charge is -2.12. The predicted octanol–water partition coefficient (Wildman–Crippen LogP) is 3.84. The van der Waals surface area contributed by atoms with Gasteiger partial charge >= 0.3 is 17.9 Å². The van der Waals surface area contributed by atoms with Crippen LogP contribution in [-0.2, 0) is 31.1 Å². The van der Waals surface area contributed by atoms with E-state index in [1.165, 1.54) is 30.7 Å². The van der Waals surface area contributed by atoms with Crippen LogP contribution in [0, 0.1) is 0 Å². The number of carbonyl (C=O) groups excluding carboxylic acids is 1. The van der Waals surface area contributed by atoms with Crippen molar-refractivity contribution in [3.8, 4) is 11.8 Å². The molecule has 0 fully saturated rings. The third-order valence-electron chi connectivity index (χ3n) is 5.55. The molecule has 0 bridgehead atoms. The lowest BCUT2D eigenvalue weighted by molar-refractivity contribution is -0.137. The molecule has 2 aromatic carbocycles. The maximum Gasteiger partial charge on any atom is 0.416 e.